The minimum atomic E-state index is 0.598. The van der Waals surface area contributed by atoms with Gasteiger partial charge in [0.05, 0.1) is 38.6 Å². The van der Waals surface area contributed by atoms with Gasteiger partial charge in [-0.25, -0.2) is 4.98 Å². The highest BCUT2D eigenvalue weighted by Gasteiger charge is 2.27. The van der Waals surface area contributed by atoms with E-state index in [-0.39, 0.29) is 0 Å². The summed E-state index contributed by atoms with van der Waals surface area (Å²) in [5.41, 5.74) is 10.1. The molecule has 0 aliphatic carbocycles. The van der Waals surface area contributed by atoms with E-state index in [1.165, 1.54) is 54.3 Å². The molecule has 14 aromatic rings. The summed E-state index contributed by atoms with van der Waals surface area (Å²) in [5.74, 6) is 1.31. The third kappa shape index (κ3) is 3.44. The summed E-state index contributed by atoms with van der Waals surface area (Å²) in [6.45, 7) is 0. The zero-order chi connectivity index (χ0) is 36.2. The van der Waals surface area contributed by atoms with Gasteiger partial charge in [-0.15, -0.1) is 0 Å². The summed E-state index contributed by atoms with van der Waals surface area (Å²) in [7, 11) is 0. The Balaban J connectivity index is 1.21. The number of para-hydroxylation sites is 5. The first-order valence-corrected chi connectivity index (χ1v) is 19.0. The monoisotopic (exact) mass is 713 g/mol. The summed E-state index contributed by atoms with van der Waals surface area (Å²) in [5, 5.41) is 13.0. The minimum absolute atomic E-state index is 0.598. The van der Waals surface area contributed by atoms with Crippen molar-refractivity contribution in [3.8, 4) is 11.8 Å². The number of aromatic nitrogens is 5. The molecule has 0 N–H and O–H groups in total. The molecule has 0 atom stereocenters. The Morgan fingerprint density at radius 3 is 1.68 bits per heavy atom. The van der Waals surface area contributed by atoms with E-state index in [1.54, 1.807) is 0 Å². The Morgan fingerprint density at radius 1 is 0.393 bits per heavy atom. The summed E-state index contributed by atoms with van der Waals surface area (Å²) in [6, 6.07) is 58.6. The van der Waals surface area contributed by atoms with Crippen LogP contribution in [0.25, 0.3) is 126 Å². The van der Waals surface area contributed by atoms with Gasteiger partial charge in [-0.3, -0.25) is 9.13 Å². The zero-order valence-electron chi connectivity index (χ0n) is 29.7. The Labute approximate surface area is 317 Å². The Bertz CT molecular complexity index is 3960. The van der Waals surface area contributed by atoms with Crippen molar-refractivity contribution < 1.29 is 4.42 Å². The van der Waals surface area contributed by atoms with Gasteiger partial charge in [0.25, 0.3) is 0 Å². The van der Waals surface area contributed by atoms with E-state index in [0.29, 0.717) is 17.3 Å². The Morgan fingerprint density at radius 2 is 0.946 bits per heavy atom. The highest BCUT2D eigenvalue weighted by atomic mass is 16.3. The van der Waals surface area contributed by atoms with Gasteiger partial charge in [0.15, 0.2) is 11.4 Å². The molecule has 258 valence electrons. The lowest BCUT2D eigenvalue weighted by Crippen LogP contribution is -2.06. The maximum atomic E-state index is 6.72. The molecule has 0 amide bonds. The first kappa shape index (κ1) is 28.8. The topological polar surface area (TPSA) is 53.2 Å². The summed E-state index contributed by atoms with van der Waals surface area (Å²) in [4.78, 5) is 11.1. The lowest BCUT2D eigenvalue weighted by Gasteiger charge is -2.12. The first-order chi connectivity index (χ1) is 27.8. The van der Waals surface area contributed by atoms with Gasteiger partial charge in [-0.2, -0.15) is 4.98 Å². The quantitative estimate of drug-likeness (QED) is 0.179. The van der Waals surface area contributed by atoms with Crippen molar-refractivity contribution in [3.05, 3.63) is 164 Å². The number of nitrogens with zero attached hydrogens (tertiary/aromatic N) is 5. The maximum absolute atomic E-state index is 6.72. The van der Waals surface area contributed by atoms with Gasteiger partial charge in [0.1, 0.15) is 11.1 Å². The van der Waals surface area contributed by atoms with Crippen LogP contribution in [-0.4, -0.2) is 23.5 Å². The average molecular weight is 714 g/mol. The maximum Gasteiger partial charge on any atom is 0.237 e. The molecule has 14 rings (SSSR count). The fourth-order valence-electron chi connectivity index (χ4n) is 9.86. The van der Waals surface area contributed by atoms with Crippen molar-refractivity contribution in [3.63, 3.8) is 0 Å². The van der Waals surface area contributed by atoms with Gasteiger partial charge in [-0.05, 0) is 65.4 Å². The molecule has 6 heteroatoms. The van der Waals surface area contributed by atoms with Crippen molar-refractivity contribution in [2.24, 2.45) is 0 Å². The molecule has 56 heavy (non-hydrogen) atoms. The SMILES string of the molecule is c1ccc2cc3c(cc2c1)c1cc2c4ccccc4n(-c4nc(-n5c6ccccc6c6ccccc65)c5oc6ccccc6c5n4)c2c2c4ccccc4n3c12. The molecular formula is C50H27N5O. The highest BCUT2D eigenvalue weighted by molar-refractivity contribution is 6.34. The highest BCUT2D eigenvalue weighted by Crippen LogP contribution is 2.47. The minimum Gasteiger partial charge on any atom is -0.450 e. The van der Waals surface area contributed by atoms with Crippen molar-refractivity contribution in [2.75, 3.05) is 0 Å². The van der Waals surface area contributed by atoms with E-state index in [1.807, 2.05) is 12.1 Å². The smallest absolute Gasteiger partial charge is 0.237 e. The van der Waals surface area contributed by atoms with E-state index in [4.69, 9.17) is 14.4 Å². The normalized spacial score (nSPS) is 12.6. The summed E-state index contributed by atoms with van der Waals surface area (Å²) in [6.07, 6.45) is 0. The molecule has 0 saturated heterocycles. The standard InChI is InChI=1S/C50H27N5O/c1-2-14-29-26-42-35(25-28(29)13-1)37-27-36-32-17-5-10-22-40(32)55(47(36)44-33-18-6-11-23-41(33)53(42)46(37)44)50-51-45-34-19-7-12-24-43(34)56-48(45)49(52-50)54-38-20-8-3-15-30(38)31-16-4-9-21-39(31)54/h1-27H. The fourth-order valence-corrected chi connectivity index (χ4v) is 9.86. The van der Waals surface area contributed by atoms with Gasteiger partial charge < -0.3 is 8.82 Å². The number of rotatable bonds is 2. The molecular weight excluding hydrogens is 687 g/mol. The van der Waals surface area contributed by atoms with Crippen LogP contribution in [-0.2, 0) is 0 Å². The van der Waals surface area contributed by atoms with Crippen molar-refractivity contribution >= 4 is 115 Å². The molecule has 6 heterocycles. The summed E-state index contributed by atoms with van der Waals surface area (Å²) < 4.78 is 13.7. The van der Waals surface area contributed by atoms with Crippen LogP contribution in [0.15, 0.2) is 168 Å². The molecule has 8 aromatic carbocycles. The van der Waals surface area contributed by atoms with Crippen molar-refractivity contribution in [1.82, 2.24) is 23.5 Å². The molecule has 0 bridgehead atoms. The van der Waals surface area contributed by atoms with Crippen LogP contribution in [0.4, 0.5) is 0 Å². The predicted octanol–water partition coefficient (Wildman–Crippen LogP) is 12.9. The second kappa shape index (κ2) is 10.1. The average Bonchev–Trinajstić information content (AvgIpc) is 4.04. The van der Waals surface area contributed by atoms with Crippen LogP contribution < -0.4 is 0 Å². The van der Waals surface area contributed by atoms with Crippen LogP contribution >= 0.6 is 0 Å². The van der Waals surface area contributed by atoms with E-state index in [0.717, 1.165) is 54.7 Å². The molecule has 6 aromatic heterocycles. The number of hydrogen-bond acceptors (Lipinski definition) is 3. The largest absolute Gasteiger partial charge is 0.450 e. The van der Waals surface area contributed by atoms with E-state index < -0.39 is 0 Å². The fraction of sp³-hybridized carbons (Fsp3) is 0. The van der Waals surface area contributed by atoms with Crippen LogP contribution in [0.5, 0.6) is 0 Å². The second-order valence-corrected chi connectivity index (χ2v) is 15.0. The number of hydrogen-bond donors (Lipinski definition) is 0. The van der Waals surface area contributed by atoms with Crippen molar-refractivity contribution in [1.29, 1.82) is 0 Å². The van der Waals surface area contributed by atoms with Gasteiger partial charge in [0.2, 0.25) is 5.95 Å². The molecule has 0 fully saturated rings. The number of furan rings is 1. The third-order valence-electron chi connectivity index (χ3n) is 12.1. The second-order valence-electron chi connectivity index (χ2n) is 15.0. The lowest BCUT2D eigenvalue weighted by molar-refractivity contribution is 0.661. The van der Waals surface area contributed by atoms with E-state index >= 15 is 0 Å². The van der Waals surface area contributed by atoms with Crippen LogP contribution in [0.1, 0.15) is 0 Å². The molecule has 0 aliphatic heterocycles. The van der Waals surface area contributed by atoms with Gasteiger partial charge >= 0.3 is 0 Å². The van der Waals surface area contributed by atoms with Crippen molar-refractivity contribution in [2.45, 2.75) is 0 Å². The van der Waals surface area contributed by atoms with Crippen LogP contribution in [0, 0.1) is 0 Å². The Kier molecular flexibility index (Phi) is 5.18. The van der Waals surface area contributed by atoms with E-state index in [2.05, 4.69) is 165 Å². The van der Waals surface area contributed by atoms with Gasteiger partial charge in [-0.1, -0.05) is 109 Å². The molecule has 0 radical (unpaired) electrons. The summed E-state index contributed by atoms with van der Waals surface area (Å²) >= 11 is 0. The van der Waals surface area contributed by atoms with Gasteiger partial charge in [0, 0.05) is 48.5 Å². The number of fused-ring (bicyclic) bond motifs is 17. The number of benzene rings is 8. The Hall–Kier alpha value is -7.70. The molecule has 6 nitrogen and oxygen atoms in total. The lowest BCUT2D eigenvalue weighted by atomic mass is 10.0. The zero-order valence-corrected chi connectivity index (χ0v) is 29.7. The first-order valence-electron chi connectivity index (χ1n) is 19.0. The van der Waals surface area contributed by atoms with E-state index in [9.17, 15) is 0 Å². The van der Waals surface area contributed by atoms with Crippen LogP contribution in [0.2, 0.25) is 0 Å². The predicted molar refractivity (Wildman–Crippen MR) is 230 cm³/mol. The molecule has 0 spiro atoms. The molecule has 0 saturated carbocycles. The van der Waals surface area contributed by atoms with Crippen LogP contribution in [0.3, 0.4) is 0 Å². The third-order valence-corrected chi connectivity index (χ3v) is 12.1. The molecule has 0 unspecified atom stereocenters. The molecule has 0 aliphatic rings.